The minimum atomic E-state index is -5.08. The lowest BCUT2D eigenvalue weighted by atomic mass is 9.89. The lowest BCUT2D eigenvalue weighted by molar-refractivity contribution is -0.193. The van der Waals surface area contributed by atoms with E-state index in [1.165, 1.54) is 22.1 Å². The van der Waals surface area contributed by atoms with Crippen LogP contribution in [0.3, 0.4) is 0 Å². The fourth-order valence-electron chi connectivity index (χ4n) is 6.40. The number of amides is 1. The zero-order valence-corrected chi connectivity index (χ0v) is 33.5. The van der Waals surface area contributed by atoms with Crippen LogP contribution in [0, 0.1) is 0 Å². The highest BCUT2D eigenvalue weighted by Gasteiger charge is 2.42. The molecule has 6 rings (SSSR count). The van der Waals surface area contributed by atoms with Gasteiger partial charge in [0.05, 0.1) is 34.4 Å². The second-order valence-electron chi connectivity index (χ2n) is 14.2. The molecule has 324 valence electrons. The summed E-state index contributed by atoms with van der Waals surface area (Å²) in [4.78, 5) is 51.8. The second-order valence-corrected chi connectivity index (χ2v) is 16.3. The van der Waals surface area contributed by atoms with Gasteiger partial charge in [-0.1, -0.05) is 55.5 Å². The van der Waals surface area contributed by atoms with Gasteiger partial charge in [0.15, 0.2) is 0 Å². The van der Waals surface area contributed by atoms with Crippen LogP contribution in [-0.4, -0.2) is 117 Å². The van der Waals surface area contributed by atoms with E-state index in [-0.39, 0.29) is 22.1 Å². The van der Waals surface area contributed by atoms with Gasteiger partial charge in [0.2, 0.25) is 0 Å². The minimum absolute atomic E-state index is 0.00615. The Morgan fingerprint density at radius 1 is 0.932 bits per heavy atom. The van der Waals surface area contributed by atoms with E-state index in [4.69, 9.17) is 24.5 Å². The van der Waals surface area contributed by atoms with Crippen LogP contribution in [-0.2, 0) is 27.3 Å². The van der Waals surface area contributed by atoms with Gasteiger partial charge in [0.25, 0.3) is 5.91 Å². The molecular weight excluding hydrogens is 835 g/mol. The Bertz CT molecular complexity index is 2090. The molecule has 6 N–H and O–H groups in total. The number of hydrogen-bond donors (Lipinski definition) is 6. The van der Waals surface area contributed by atoms with Crippen molar-refractivity contribution in [2.75, 3.05) is 45.9 Å². The number of aromatic hydroxyl groups is 1. The van der Waals surface area contributed by atoms with Crippen molar-refractivity contribution >= 4 is 50.7 Å². The number of aliphatic carboxylic acids is 2. The highest BCUT2D eigenvalue weighted by atomic mass is 32.1. The molecule has 0 saturated carbocycles. The van der Waals surface area contributed by atoms with Gasteiger partial charge in [-0.3, -0.25) is 14.5 Å². The number of aliphatic hydroxyl groups is 1. The maximum absolute atomic E-state index is 13.3. The first-order valence-corrected chi connectivity index (χ1v) is 19.9. The number of piperidine rings is 1. The van der Waals surface area contributed by atoms with Crippen molar-refractivity contribution in [2.45, 2.75) is 69.6 Å². The van der Waals surface area contributed by atoms with Crippen LogP contribution >= 0.6 is 22.7 Å². The highest BCUT2D eigenvalue weighted by molar-refractivity contribution is 7.16. The number of alkyl halides is 6. The number of thiazole rings is 1. The zero-order valence-electron chi connectivity index (χ0n) is 31.9. The summed E-state index contributed by atoms with van der Waals surface area (Å²) in [6.07, 6.45) is -8.30. The number of hydrogen-bond acceptors (Lipinski definition) is 11. The number of likely N-dealkylation sites (tertiary alicyclic amines) is 1. The van der Waals surface area contributed by atoms with E-state index in [0.29, 0.717) is 54.5 Å². The van der Waals surface area contributed by atoms with Crippen molar-refractivity contribution in [1.82, 2.24) is 20.1 Å². The number of aliphatic hydroxyl groups excluding tert-OH is 1. The number of rotatable bonds is 10. The number of carbonyl (C=O) groups excluding carboxylic acids is 1. The Kier molecular flexibility index (Phi) is 16.1. The summed E-state index contributed by atoms with van der Waals surface area (Å²) in [6.45, 7) is 10.0. The van der Waals surface area contributed by atoms with Gasteiger partial charge < -0.3 is 40.4 Å². The predicted octanol–water partition coefficient (Wildman–Crippen LogP) is 6.12. The molecule has 21 heteroatoms. The largest absolute Gasteiger partial charge is 0.506 e. The number of phenols is 1. The number of aromatic amines is 1. The number of carboxylic acids is 2. The molecule has 2 aliphatic heterocycles. The molecule has 0 radical (unpaired) electrons. The van der Waals surface area contributed by atoms with Crippen LogP contribution in [0.1, 0.15) is 70.0 Å². The monoisotopic (exact) mass is 878 g/mol. The van der Waals surface area contributed by atoms with Gasteiger partial charge >= 0.3 is 29.2 Å². The number of ether oxygens (including phenoxy) is 1. The van der Waals surface area contributed by atoms with Gasteiger partial charge in [0, 0.05) is 43.2 Å². The van der Waals surface area contributed by atoms with E-state index >= 15 is 0 Å². The standard InChI is InChI=1S/C34H42N4O5S2.2C2HF3O2/c1-22(2)28-8-9-29(44-28)32(41)38-16-17-43-34(21-38)11-14-37(15-12-34)20-24-5-3-4-23(18-24)10-13-35-19-27(40)25-6-7-26(39)30-31(25)45-33(42)36-30;2*3-2(4,5)1(6)7/h3-9,18,22,27,35,39-40H,10-17,19-21H2,1-2H3,(H,36,42);2*(H,6,7)/t27-;;/m0../s1. The van der Waals surface area contributed by atoms with Crippen LogP contribution in [0.2, 0.25) is 0 Å². The Morgan fingerprint density at radius 2 is 1.56 bits per heavy atom. The molecule has 2 aromatic heterocycles. The number of carboxylic acid groups (broad SMARTS) is 2. The smallest absolute Gasteiger partial charge is 0.490 e. The Balaban J connectivity index is 0.000000471. The summed E-state index contributed by atoms with van der Waals surface area (Å²) in [5, 5.41) is 38.4. The number of aromatic nitrogens is 1. The third-order valence-corrected chi connectivity index (χ3v) is 11.8. The van der Waals surface area contributed by atoms with Crippen LogP contribution in [0.4, 0.5) is 26.3 Å². The molecule has 0 aliphatic carbocycles. The molecule has 0 bridgehead atoms. The van der Waals surface area contributed by atoms with Crippen LogP contribution < -0.4 is 10.2 Å². The number of nitrogens with zero attached hydrogens (tertiary/aromatic N) is 2. The first-order valence-electron chi connectivity index (χ1n) is 18.3. The Hall–Kier alpha value is -4.54. The quantitative estimate of drug-likeness (QED) is 0.0795. The van der Waals surface area contributed by atoms with Gasteiger partial charge in [-0.15, -0.1) is 11.3 Å². The fourth-order valence-corrected chi connectivity index (χ4v) is 8.29. The lowest BCUT2D eigenvalue weighted by Crippen LogP contribution is -2.57. The number of fused-ring (bicyclic) bond motifs is 1. The Labute approximate surface area is 341 Å². The first kappa shape index (κ1) is 47.1. The van der Waals surface area contributed by atoms with Crippen molar-refractivity contribution in [3.63, 3.8) is 0 Å². The third-order valence-electron chi connectivity index (χ3n) is 9.47. The molecule has 13 nitrogen and oxygen atoms in total. The molecule has 1 spiro atoms. The van der Waals surface area contributed by atoms with Gasteiger partial charge in [-0.05, 0) is 61.1 Å². The first-order chi connectivity index (χ1) is 27.6. The average molecular weight is 879 g/mol. The maximum atomic E-state index is 13.3. The molecule has 2 aliphatic rings. The highest BCUT2D eigenvalue weighted by Crippen LogP contribution is 2.34. The number of benzene rings is 2. The van der Waals surface area contributed by atoms with Crippen molar-refractivity contribution in [1.29, 1.82) is 0 Å². The summed E-state index contributed by atoms with van der Waals surface area (Å²) < 4.78 is 70.4. The molecule has 59 heavy (non-hydrogen) atoms. The van der Waals surface area contributed by atoms with Gasteiger partial charge in [-0.25, -0.2) is 9.59 Å². The van der Waals surface area contributed by atoms with E-state index in [1.54, 1.807) is 17.4 Å². The van der Waals surface area contributed by atoms with Gasteiger partial charge in [0.1, 0.15) is 11.3 Å². The van der Waals surface area contributed by atoms with Crippen molar-refractivity contribution < 1.29 is 65.9 Å². The van der Waals surface area contributed by atoms with Crippen LogP contribution in [0.5, 0.6) is 5.75 Å². The lowest BCUT2D eigenvalue weighted by Gasteiger charge is -2.47. The number of nitrogens with one attached hydrogen (secondary N) is 2. The minimum Gasteiger partial charge on any atom is -0.506 e. The molecule has 0 unspecified atom stereocenters. The van der Waals surface area contributed by atoms with E-state index in [0.717, 1.165) is 55.1 Å². The summed E-state index contributed by atoms with van der Waals surface area (Å²) >= 11 is 2.61. The molecule has 2 fully saturated rings. The SMILES string of the molecule is CC(C)c1ccc(C(=O)N2CCOC3(CCN(Cc4cccc(CCNC[C@H](O)c5ccc(O)c6[nH]c(=O)sc56)c4)CC3)C2)s1.O=C(O)C(F)(F)F.O=C(O)C(F)(F)F. The summed E-state index contributed by atoms with van der Waals surface area (Å²) in [5.74, 6) is -4.94. The zero-order chi connectivity index (χ0) is 43.7. The van der Waals surface area contributed by atoms with Gasteiger partial charge in [-0.2, -0.15) is 26.3 Å². The van der Waals surface area contributed by atoms with E-state index < -0.39 is 30.4 Å². The second kappa shape index (κ2) is 20.1. The molecule has 4 heterocycles. The van der Waals surface area contributed by atoms with Crippen LogP contribution in [0.25, 0.3) is 10.2 Å². The Morgan fingerprint density at radius 3 is 2.15 bits per heavy atom. The summed E-state index contributed by atoms with van der Waals surface area (Å²) in [6, 6.07) is 15.9. The maximum Gasteiger partial charge on any atom is 0.490 e. The molecule has 1 atom stereocenters. The van der Waals surface area contributed by atoms with E-state index in [9.17, 15) is 46.1 Å². The number of carbonyl (C=O) groups is 3. The molecule has 4 aromatic rings. The summed E-state index contributed by atoms with van der Waals surface area (Å²) in [5.41, 5.74) is 3.26. The summed E-state index contributed by atoms with van der Waals surface area (Å²) in [7, 11) is 0. The predicted molar refractivity (Wildman–Crippen MR) is 207 cm³/mol. The number of halogens is 6. The topological polar surface area (TPSA) is 193 Å². The van der Waals surface area contributed by atoms with E-state index in [1.807, 2.05) is 11.0 Å². The number of thiophene rings is 1. The average Bonchev–Trinajstić information content (AvgIpc) is 3.82. The fraction of sp³-hybridized carbons (Fsp3) is 0.474. The molecule has 2 saturated heterocycles. The molecular formula is C38H44F6N4O9S2. The third kappa shape index (κ3) is 13.5. The van der Waals surface area contributed by atoms with Crippen molar-refractivity contribution in [2.24, 2.45) is 0 Å². The van der Waals surface area contributed by atoms with E-state index in [2.05, 4.69) is 59.4 Å². The number of H-pyrrole nitrogens is 1. The normalized spacial score (nSPS) is 16.3. The van der Waals surface area contributed by atoms with Crippen LogP contribution in [0.15, 0.2) is 53.3 Å². The molecule has 2 aromatic carbocycles. The molecule has 1 amide bonds. The number of phenolic OH excluding ortho intramolecular Hbond substituents is 1. The van der Waals surface area contributed by atoms with Crippen molar-refractivity contribution in [3.05, 3.63) is 84.6 Å². The van der Waals surface area contributed by atoms with Crippen molar-refractivity contribution in [3.8, 4) is 5.75 Å². The number of morpholine rings is 1.